The maximum atomic E-state index is 12.4. The third-order valence-corrected chi connectivity index (χ3v) is 4.22. The van der Waals surface area contributed by atoms with Crippen LogP contribution in [0.15, 0.2) is 41.0 Å². The normalized spacial score (nSPS) is 12.3. The molecule has 0 radical (unpaired) electrons. The number of hydrogen-bond donors (Lipinski definition) is 2. The summed E-state index contributed by atoms with van der Waals surface area (Å²) in [5.41, 5.74) is 3.73. The molecule has 0 spiro atoms. The van der Waals surface area contributed by atoms with Crippen molar-refractivity contribution in [2.24, 2.45) is 5.92 Å². The zero-order valence-electron chi connectivity index (χ0n) is 14.3. The Kier molecular flexibility index (Phi) is 5.09. The van der Waals surface area contributed by atoms with Gasteiger partial charge in [0.2, 0.25) is 0 Å². The monoisotopic (exact) mass is 339 g/mol. The Morgan fingerprint density at radius 2 is 1.96 bits per heavy atom. The summed E-state index contributed by atoms with van der Waals surface area (Å²) in [6.07, 6.45) is 2.17. The van der Waals surface area contributed by atoms with Gasteiger partial charge in [-0.15, -0.1) is 0 Å². The summed E-state index contributed by atoms with van der Waals surface area (Å²) in [5.74, 6) is 0.500. The fourth-order valence-corrected chi connectivity index (χ4v) is 2.63. The molecule has 3 aromatic rings. The quantitative estimate of drug-likeness (QED) is 0.720. The van der Waals surface area contributed by atoms with Gasteiger partial charge in [0, 0.05) is 31.1 Å². The number of aliphatic hydroxyl groups is 1. The van der Waals surface area contributed by atoms with Crippen molar-refractivity contribution in [2.45, 2.75) is 20.3 Å². The van der Waals surface area contributed by atoms with Crippen molar-refractivity contribution in [3.63, 3.8) is 0 Å². The molecule has 0 aliphatic carbocycles. The van der Waals surface area contributed by atoms with E-state index in [1.165, 1.54) is 0 Å². The van der Waals surface area contributed by atoms with E-state index in [0.29, 0.717) is 24.0 Å². The number of carbonyl (C=O) groups excluding carboxylic acids is 1. The average Bonchev–Trinajstić information content (AvgIpc) is 3.12. The van der Waals surface area contributed by atoms with Crippen molar-refractivity contribution >= 4 is 16.9 Å². The molecule has 0 unspecified atom stereocenters. The molecule has 0 bridgehead atoms. The molecule has 0 aliphatic heterocycles. The molecule has 2 N–H and O–H groups in total. The van der Waals surface area contributed by atoms with Crippen LogP contribution in [0.2, 0.25) is 0 Å². The van der Waals surface area contributed by atoms with Crippen molar-refractivity contribution in [3.05, 3.63) is 59.3 Å². The van der Waals surface area contributed by atoms with E-state index in [0.717, 1.165) is 22.7 Å². The highest BCUT2D eigenvalue weighted by Crippen LogP contribution is 2.15. The maximum absolute atomic E-state index is 12.4. The van der Waals surface area contributed by atoms with Crippen molar-refractivity contribution in [2.75, 3.05) is 13.2 Å². The molecule has 3 rings (SSSR count). The number of aryl methyl sites for hydroxylation is 2. The molecule has 0 saturated carbocycles. The SMILES string of the molecule is Cc1nc2ccc(C(=O)NC[C@H](CO)Cc3ccco3)cc2nc1C. The van der Waals surface area contributed by atoms with E-state index in [9.17, 15) is 9.90 Å². The fraction of sp³-hybridized carbons (Fsp3) is 0.316. The second kappa shape index (κ2) is 7.44. The second-order valence-electron chi connectivity index (χ2n) is 6.14. The van der Waals surface area contributed by atoms with Gasteiger partial charge >= 0.3 is 0 Å². The number of benzene rings is 1. The van der Waals surface area contributed by atoms with E-state index in [-0.39, 0.29) is 18.4 Å². The Labute approximate surface area is 145 Å². The standard InChI is InChI=1S/C19H21N3O3/c1-12-13(2)22-18-9-15(5-6-17(18)21-12)19(24)20-10-14(11-23)8-16-4-3-7-25-16/h3-7,9,14,23H,8,10-11H2,1-2H3,(H,20,24)/t14-/m1/s1. The average molecular weight is 339 g/mol. The van der Waals surface area contributed by atoms with Gasteiger partial charge in [-0.3, -0.25) is 4.79 Å². The van der Waals surface area contributed by atoms with Crippen LogP contribution < -0.4 is 5.32 Å². The highest BCUT2D eigenvalue weighted by molar-refractivity contribution is 5.97. The lowest BCUT2D eigenvalue weighted by Gasteiger charge is -2.14. The molecule has 1 amide bonds. The van der Waals surface area contributed by atoms with Crippen LogP contribution in [0.25, 0.3) is 11.0 Å². The first kappa shape index (κ1) is 17.1. The lowest BCUT2D eigenvalue weighted by molar-refractivity contribution is 0.0939. The molecule has 0 saturated heterocycles. The molecule has 0 aliphatic rings. The van der Waals surface area contributed by atoms with Crippen LogP contribution in [-0.2, 0) is 6.42 Å². The van der Waals surface area contributed by atoms with E-state index >= 15 is 0 Å². The Morgan fingerprint density at radius 1 is 1.20 bits per heavy atom. The molecule has 6 nitrogen and oxygen atoms in total. The number of carbonyl (C=O) groups is 1. The third-order valence-electron chi connectivity index (χ3n) is 4.22. The number of aliphatic hydroxyl groups excluding tert-OH is 1. The van der Waals surface area contributed by atoms with Crippen LogP contribution in [-0.4, -0.2) is 34.1 Å². The van der Waals surface area contributed by atoms with Crippen molar-refractivity contribution in [1.82, 2.24) is 15.3 Å². The van der Waals surface area contributed by atoms with Crippen LogP contribution in [0.3, 0.4) is 0 Å². The highest BCUT2D eigenvalue weighted by Gasteiger charge is 2.14. The largest absolute Gasteiger partial charge is 0.469 e. The summed E-state index contributed by atoms with van der Waals surface area (Å²) >= 11 is 0. The number of rotatable bonds is 6. The second-order valence-corrected chi connectivity index (χ2v) is 6.14. The Hall–Kier alpha value is -2.73. The molecule has 25 heavy (non-hydrogen) atoms. The van der Waals surface area contributed by atoms with Crippen LogP contribution in [0.4, 0.5) is 0 Å². The maximum Gasteiger partial charge on any atom is 0.251 e. The molecule has 2 aromatic heterocycles. The zero-order valence-corrected chi connectivity index (χ0v) is 14.3. The van der Waals surface area contributed by atoms with Gasteiger partial charge in [0.05, 0.1) is 28.7 Å². The minimum atomic E-state index is -0.195. The van der Waals surface area contributed by atoms with Gasteiger partial charge in [-0.25, -0.2) is 9.97 Å². The predicted octanol–water partition coefficient (Wildman–Crippen LogP) is 2.42. The first-order valence-corrected chi connectivity index (χ1v) is 8.23. The summed E-state index contributed by atoms with van der Waals surface area (Å²) in [7, 11) is 0. The zero-order chi connectivity index (χ0) is 17.8. The molecule has 0 fully saturated rings. The van der Waals surface area contributed by atoms with Crippen molar-refractivity contribution in [1.29, 1.82) is 0 Å². The summed E-state index contributed by atoms with van der Waals surface area (Å²) in [6, 6.07) is 8.95. The Balaban J connectivity index is 1.68. The van der Waals surface area contributed by atoms with Gasteiger partial charge in [0.1, 0.15) is 5.76 Å². The van der Waals surface area contributed by atoms with E-state index in [1.54, 1.807) is 24.5 Å². The van der Waals surface area contributed by atoms with Gasteiger partial charge < -0.3 is 14.8 Å². The third kappa shape index (κ3) is 4.03. The Bertz CT molecular complexity index is 875. The molecular formula is C19H21N3O3. The van der Waals surface area contributed by atoms with E-state index in [4.69, 9.17) is 4.42 Å². The van der Waals surface area contributed by atoms with Crippen molar-refractivity contribution < 1.29 is 14.3 Å². The lowest BCUT2D eigenvalue weighted by Crippen LogP contribution is -2.31. The number of aromatic nitrogens is 2. The highest BCUT2D eigenvalue weighted by atomic mass is 16.3. The topological polar surface area (TPSA) is 88.2 Å². The van der Waals surface area contributed by atoms with Crippen LogP contribution in [0, 0.1) is 19.8 Å². The van der Waals surface area contributed by atoms with Gasteiger partial charge in [-0.05, 0) is 44.2 Å². The van der Waals surface area contributed by atoms with E-state index in [1.807, 2.05) is 26.0 Å². The van der Waals surface area contributed by atoms with Crippen molar-refractivity contribution in [3.8, 4) is 0 Å². The van der Waals surface area contributed by atoms with Gasteiger partial charge in [-0.1, -0.05) is 0 Å². The number of furan rings is 1. The first-order chi connectivity index (χ1) is 12.1. The lowest BCUT2D eigenvalue weighted by atomic mass is 10.0. The number of hydrogen-bond acceptors (Lipinski definition) is 5. The van der Waals surface area contributed by atoms with Gasteiger partial charge in [0.25, 0.3) is 5.91 Å². The van der Waals surface area contributed by atoms with Crippen LogP contribution in [0.5, 0.6) is 0 Å². The minimum absolute atomic E-state index is 0.0252. The summed E-state index contributed by atoms with van der Waals surface area (Å²) in [5, 5.41) is 12.4. The van der Waals surface area contributed by atoms with E-state index < -0.39 is 0 Å². The fourth-order valence-electron chi connectivity index (χ4n) is 2.63. The molecule has 6 heteroatoms. The summed E-state index contributed by atoms with van der Waals surface area (Å²) < 4.78 is 5.29. The molecule has 2 heterocycles. The Morgan fingerprint density at radius 3 is 2.64 bits per heavy atom. The molecule has 1 atom stereocenters. The van der Waals surface area contributed by atoms with Crippen LogP contribution >= 0.6 is 0 Å². The molecule has 1 aromatic carbocycles. The van der Waals surface area contributed by atoms with E-state index in [2.05, 4.69) is 15.3 Å². The number of nitrogens with one attached hydrogen (secondary N) is 1. The van der Waals surface area contributed by atoms with Gasteiger partial charge in [0.15, 0.2) is 0 Å². The summed E-state index contributed by atoms with van der Waals surface area (Å²) in [6.45, 7) is 4.15. The first-order valence-electron chi connectivity index (χ1n) is 8.23. The molecule has 130 valence electrons. The number of nitrogens with zero attached hydrogens (tertiary/aromatic N) is 2. The predicted molar refractivity (Wildman–Crippen MR) is 94.3 cm³/mol. The molecular weight excluding hydrogens is 318 g/mol. The summed E-state index contributed by atoms with van der Waals surface area (Å²) in [4.78, 5) is 21.4. The smallest absolute Gasteiger partial charge is 0.251 e. The van der Waals surface area contributed by atoms with Gasteiger partial charge in [-0.2, -0.15) is 0 Å². The van der Waals surface area contributed by atoms with Crippen LogP contribution in [0.1, 0.15) is 27.5 Å². The number of amides is 1. The number of fused-ring (bicyclic) bond motifs is 1. The minimum Gasteiger partial charge on any atom is -0.469 e.